The lowest BCUT2D eigenvalue weighted by molar-refractivity contribution is -0.120. The lowest BCUT2D eigenvalue weighted by atomic mass is 9.86. The molecule has 0 bridgehead atoms. The van der Waals surface area contributed by atoms with Crippen LogP contribution in [0.3, 0.4) is 0 Å². The molecular formula is C21H34N2O2. The number of carbonyl (C=O) groups is 2. The van der Waals surface area contributed by atoms with Crippen LogP contribution in [-0.2, 0) is 10.2 Å². The zero-order valence-corrected chi connectivity index (χ0v) is 16.2. The number of amides is 2. The SMILES string of the molecule is CCCCCCCC[C@@H](NC(=O)c1ccc(C(C)(C)C)cc1)C(N)=O. The van der Waals surface area contributed by atoms with Gasteiger partial charge in [-0.2, -0.15) is 0 Å². The summed E-state index contributed by atoms with van der Waals surface area (Å²) in [5.41, 5.74) is 7.22. The van der Waals surface area contributed by atoms with E-state index in [0.29, 0.717) is 12.0 Å². The molecule has 25 heavy (non-hydrogen) atoms. The van der Waals surface area contributed by atoms with E-state index in [4.69, 9.17) is 5.73 Å². The molecule has 0 fully saturated rings. The maximum Gasteiger partial charge on any atom is 0.251 e. The number of hydrogen-bond donors (Lipinski definition) is 2. The van der Waals surface area contributed by atoms with Gasteiger partial charge in [0.15, 0.2) is 0 Å². The molecule has 4 nitrogen and oxygen atoms in total. The van der Waals surface area contributed by atoms with E-state index in [9.17, 15) is 9.59 Å². The molecule has 3 N–H and O–H groups in total. The number of nitrogens with one attached hydrogen (secondary N) is 1. The fourth-order valence-corrected chi connectivity index (χ4v) is 2.78. The van der Waals surface area contributed by atoms with Gasteiger partial charge in [-0.25, -0.2) is 0 Å². The zero-order valence-electron chi connectivity index (χ0n) is 16.2. The molecule has 0 spiro atoms. The van der Waals surface area contributed by atoms with Crippen molar-refractivity contribution in [3.63, 3.8) is 0 Å². The molecule has 0 unspecified atom stereocenters. The van der Waals surface area contributed by atoms with Crippen LogP contribution in [0.25, 0.3) is 0 Å². The van der Waals surface area contributed by atoms with Crippen LogP contribution in [0.15, 0.2) is 24.3 Å². The van der Waals surface area contributed by atoms with Gasteiger partial charge in [-0.1, -0.05) is 78.4 Å². The normalized spacial score (nSPS) is 12.6. The van der Waals surface area contributed by atoms with E-state index in [1.807, 2.05) is 12.1 Å². The van der Waals surface area contributed by atoms with Gasteiger partial charge in [-0.15, -0.1) is 0 Å². The Labute approximate surface area is 152 Å². The Balaban J connectivity index is 2.54. The molecule has 0 aliphatic heterocycles. The van der Waals surface area contributed by atoms with E-state index in [-0.39, 0.29) is 11.3 Å². The Bertz CT molecular complexity index is 544. The van der Waals surface area contributed by atoms with Crippen molar-refractivity contribution in [1.29, 1.82) is 0 Å². The van der Waals surface area contributed by atoms with Crippen molar-refractivity contribution in [1.82, 2.24) is 5.32 Å². The molecule has 0 aliphatic carbocycles. The van der Waals surface area contributed by atoms with Crippen molar-refractivity contribution < 1.29 is 9.59 Å². The van der Waals surface area contributed by atoms with E-state index < -0.39 is 11.9 Å². The van der Waals surface area contributed by atoms with Crippen molar-refractivity contribution in [2.45, 2.75) is 84.1 Å². The molecule has 0 saturated heterocycles. The Morgan fingerprint density at radius 2 is 1.56 bits per heavy atom. The highest BCUT2D eigenvalue weighted by Gasteiger charge is 2.19. The molecule has 0 aromatic heterocycles. The van der Waals surface area contributed by atoms with E-state index in [2.05, 4.69) is 33.0 Å². The van der Waals surface area contributed by atoms with Crippen LogP contribution >= 0.6 is 0 Å². The average Bonchev–Trinajstić information content (AvgIpc) is 2.55. The number of rotatable bonds is 10. The Kier molecular flexibility index (Phi) is 8.67. The monoisotopic (exact) mass is 346 g/mol. The molecule has 4 heteroatoms. The van der Waals surface area contributed by atoms with Crippen molar-refractivity contribution >= 4 is 11.8 Å². The van der Waals surface area contributed by atoms with Crippen molar-refractivity contribution in [3.8, 4) is 0 Å². The Morgan fingerprint density at radius 1 is 1.00 bits per heavy atom. The van der Waals surface area contributed by atoms with Gasteiger partial charge in [0.05, 0.1) is 0 Å². The number of carbonyl (C=O) groups excluding carboxylic acids is 2. The van der Waals surface area contributed by atoms with Gasteiger partial charge in [-0.3, -0.25) is 9.59 Å². The highest BCUT2D eigenvalue weighted by molar-refractivity contribution is 5.97. The Morgan fingerprint density at radius 3 is 2.08 bits per heavy atom. The highest BCUT2D eigenvalue weighted by Crippen LogP contribution is 2.22. The molecule has 140 valence electrons. The first-order valence-corrected chi connectivity index (χ1v) is 9.46. The second kappa shape index (κ2) is 10.2. The first kappa shape index (κ1) is 21.2. The Hall–Kier alpha value is -1.84. The van der Waals surface area contributed by atoms with Gasteiger partial charge in [0.1, 0.15) is 6.04 Å². The average molecular weight is 347 g/mol. The summed E-state index contributed by atoms with van der Waals surface area (Å²) in [6, 6.07) is 6.93. The smallest absolute Gasteiger partial charge is 0.251 e. The summed E-state index contributed by atoms with van der Waals surface area (Å²) >= 11 is 0. The number of hydrogen-bond acceptors (Lipinski definition) is 2. The molecular weight excluding hydrogens is 312 g/mol. The van der Waals surface area contributed by atoms with Crippen LogP contribution in [0, 0.1) is 0 Å². The molecule has 1 atom stereocenters. The standard InChI is InChI=1S/C21H34N2O2/c1-5-6-7-8-9-10-11-18(19(22)24)23-20(25)16-12-14-17(15-13-16)21(2,3)4/h12-15,18H,5-11H2,1-4H3,(H2,22,24)(H,23,25)/t18-/m1/s1. The number of nitrogens with two attached hydrogens (primary N) is 1. The van der Waals surface area contributed by atoms with Gasteiger partial charge >= 0.3 is 0 Å². The second-order valence-electron chi connectivity index (χ2n) is 7.81. The molecule has 0 aliphatic rings. The minimum absolute atomic E-state index is 0.0442. The molecule has 1 aromatic rings. The second-order valence-corrected chi connectivity index (χ2v) is 7.81. The molecule has 0 heterocycles. The van der Waals surface area contributed by atoms with Gasteiger partial charge in [0.25, 0.3) is 5.91 Å². The number of benzene rings is 1. The third-order valence-electron chi connectivity index (χ3n) is 4.51. The zero-order chi connectivity index (χ0) is 18.9. The topological polar surface area (TPSA) is 72.2 Å². The van der Waals surface area contributed by atoms with Crippen LogP contribution in [0.4, 0.5) is 0 Å². The van der Waals surface area contributed by atoms with E-state index in [1.165, 1.54) is 31.2 Å². The maximum atomic E-state index is 12.4. The van der Waals surface area contributed by atoms with Gasteiger partial charge in [0.2, 0.25) is 5.91 Å². The van der Waals surface area contributed by atoms with Crippen LogP contribution in [0.5, 0.6) is 0 Å². The summed E-state index contributed by atoms with van der Waals surface area (Å²) in [5.74, 6) is -0.705. The van der Waals surface area contributed by atoms with Crippen LogP contribution in [0.1, 0.15) is 88.6 Å². The summed E-state index contributed by atoms with van der Waals surface area (Å²) in [5, 5.41) is 2.78. The van der Waals surface area contributed by atoms with Crippen molar-refractivity contribution in [3.05, 3.63) is 35.4 Å². The summed E-state index contributed by atoms with van der Waals surface area (Å²) in [6.07, 6.45) is 7.44. The number of primary amides is 1. The first-order chi connectivity index (χ1) is 11.8. The lowest BCUT2D eigenvalue weighted by Crippen LogP contribution is -2.44. The van der Waals surface area contributed by atoms with E-state index in [1.54, 1.807) is 12.1 Å². The molecule has 0 saturated carbocycles. The highest BCUT2D eigenvalue weighted by atomic mass is 16.2. The third-order valence-corrected chi connectivity index (χ3v) is 4.51. The fraction of sp³-hybridized carbons (Fsp3) is 0.619. The van der Waals surface area contributed by atoms with E-state index in [0.717, 1.165) is 12.8 Å². The summed E-state index contributed by atoms with van der Waals surface area (Å²) in [7, 11) is 0. The largest absolute Gasteiger partial charge is 0.368 e. The van der Waals surface area contributed by atoms with Crippen LogP contribution in [0.2, 0.25) is 0 Å². The van der Waals surface area contributed by atoms with Crippen molar-refractivity contribution in [2.24, 2.45) is 5.73 Å². The lowest BCUT2D eigenvalue weighted by Gasteiger charge is -2.19. The first-order valence-electron chi connectivity index (χ1n) is 9.46. The molecule has 0 radical (unpaired) electrons. The van der Waals surface area contributed by atoms with Gasteiger partial charge in [-0.05, 0) is 29.5 Å². The van der Waals surface area contributed by atoms with E-state index >= 15 is 0 Å². The fourth-order valence-electron chi connectivity index (χ4n) is 2.78. The van der Waals surface area contributed by atoms with Gasteiger partial charge < -0.3 is 11.1 Å². The minimum atomic E-state index is -0.596. The maximum absolute atomic E-state index is 12.4. The molecule has 1 rings (SSSR count). The minimum Gasteiger partial charge on any atom is -0.368 e. The molecule has 1 aromatic carbocycles. The van der Waals surface area contributed by atoms with Crippen LogP contribution in [-0.4, -0.2) is 17.9 Å². The summed E-state index contributed by atoms with van der Waals surface area (Å²) in [6.45, 7) is 8.58. The molecule has 2 amide bonds. The summed E-state index contributed by atoms with van der Waals surface area (Å²) in [4.78, 5) is 24.0. The predicted molar refractivity (Wildman–Crippen MR) is 104 cm³/mol. The van der Waals surface area contributed by atoms with Gasteiger partial charge in [0, 0.05) is 5.56 Å². The quantitative estimate of drug-likeness (QED) is 0.619. The summed E-state index contributed by atoms with van der Waals surface area (Å²) < 4.78 is 0. The third kappa shape index (κ3) is 7.72. The predicted octanol–water partition coefficient (Wildman–Crippen LogP) is 4.32. The van der Waals surface area contributed by atoms with Crippen LogP contribution < -0.4 is 11.1 Å². The number of unbranched alkanes of at least 4 members (excludes halogenated alkanes) is 5. The van der Waals surface area contributed by atoms with Crippen molar-refractivity contribution in [2.75, 3.05) is 0 Å².